The Kier molecular flexibility index (Phi) is 8.53. The van der Waals surface area contributed by atoms with E-state index < -0.39 is 0 Å². The average molecular weight is 470 g/mol. The van der Waals surface area contributed by atoms with E-state index in [0.717, 1.165) is 24.3 Å². The number of carbonyl (C=O) groups excluding carboxylic acids is 1. The molecule has 34 heavy (non-hydrogen) atoms. The van der Waals surface area contributed by atoms with Crippen molar-refractivity contribution in [3.8, 4) is 5.88 Å². The van der Waals surface area contributed by atoms with Crippen LogP contribution in [0.25, 0.3) is 0 Å². The Bertz CT molecular complexity index is 974. The number of nitrogens with zero attached hydrogens (tertiary/aromatic N) is 4. The van der Waals surface area contributed by atoms with Crippen LogP contribution in [0.5, 0.6) is 5.88 Å². The van der Waals surface area contributed by atoms with Crippen LogP contribution in [0.2, 0.25) is 0 Å². The molecule has 10 nitrogen and oxygen atoms in total. The number of ether oxygens (including phenoxy) is 4. The number of hydrogen-bond donors (Lipinski definition) is 1. The quantitative estimate of drug-likeness (QED) is 0.358. The second-order valence-corrected chi connectivity index (χ2v) is 7.99. The molecule has 0 spiro atoms. The minimum absolute atomic E-state index is 0.133. The molecule has 1 aromatic carbocycles. The molecule has 0 saturated carbocycles. The first kappa shape index (κ1) is 23.8. The number of anilines is 2. The lowest BCUT2D eigenvalue weighted by Crippen LogP contribution is -2.41. The summed E-state index contributed by atoms with van der Waals surface area (Å²) in [5, 5.41) is 4.33. The predicted molar refractivity (Wildman–Crippen MR) is 129 cm³/mol. The molecule has 2 saturated heterocycles. The zero-order valence-electron chi connectivity index (χ0n) is 19.4. The van der Waals surface area contributed by atoms with Crippen molar-refractivity contribution in [1.82, 2.24) is 9.88 Å². The number of benzene rings is 1. The molecule has 2 aromatic rings. The summed E-state index contributed by atoms with van der Waals surface area (Å²) in [6, 6.07) is 11.9. The first-order valence-electron chi connectivity index (χ1n) is 11.5. The van der Waals surface area contributed by atoms with Crippen LogP contribution in [0.15, 0.2) is 41.5 Å². The van der Waals surface area contributed by atoms with E-state index in [9.17, 15) is 4.79 Å². The number of pyridine rings is 1. The lowest BCUT2D eigenvalue weighted by Gasteiger charge is -2.29. The van der Waals surface area contributed by atoms with Crippen molar-refractivity contribution in [2.75, 3.05) is 76.1 Å². The molecule has 4 rings (SSSR count). The van der Waals surface area contributed by atoms with Gasteiger partial charge in [0.2, 0.25) is 5.88 Å². The van der Waals surface area contributed by atoms with Gasteiger partial charge in [0, 0.05) is 44.0 Å². The van der Waals surface area contributed by atoms with Crippen molar-refractivity contribution in [1.29, 1.82) is 0 Å². The summed E-state index contributed by atoms with van der Waals surface area (Å²) in [7, 11) is 0. The first-order valence-corrected chi connectivity index (χ1v) is 11.5. The molecule has 0 radical (unpaired) electrons. The highest BCUT2D eigenvalue weighted by Gasteiger charge is 2.18. The molecule has 1 N–H and O–H groups in total. The monoisotopic (exact) mass is 469 g/mol. The minimum atomic E-state index is -0.352. The molecule has 0 atom stereocenters. The van der Waals surface area contributed by atoms with Gasteiger partial charge >= 0.3 is 6.09 Å². The van der Waals surface area contributed by atoms with Gasteiger partial charge < -0.3 is 28.7 Å². The molecule has 1 aromatic heterocycles. The molecule has 2 aliphatic heterocycles. The van der Waals surface area contributed by atoms with Crippen LogP contribution in [-0.4, -0.2) is 88.0 Å². The Labute approximate surface area is 199 Å². The van der Waals surface area contributed by atoms with Gasteiger partial charge in [0.05, 0.1) is 32.6 Å². The Balaban J connectivity index is 1.37. The van der Waals surface area contributed by atoms with Crippen LogP contribution < -0.4 is 15.1 Å². The van der Waals surface area contributed by atoms with Gasteiger partial charge in [-0.1, -0.05) is 29.8 Å². The molecule has 3 heterocycles. The second-order valence-electron chi connectivity index (χ2n) is 7.99. The third-order valence-corrected chi connectivity index (χ3v) is 5.43. The Morgan fingerprint density at radius 3 is 2.62 bits per heavy atom. The number of rotatable bonds is 8. The summed E-state index contributed by atoms with van der Waals surface area (Å²) in [6.07, 6.45) is 1.40. The van der Waals surface area contributed by atoms with Gasteiger partial charge in [-0.25, -0.2) is 4.79 Å². The molecule has 0 aliphatic carbocycles. The van der Waals surface area contributed by atoms with E-state index in [0.29, 0.717) is 51.2 Å². The number of carbonyl (C=O) groups is 1. The maximum atomic E-state index is 12.1. The van der Waals surface area contributed by atoms with E-state index >= 15 is 0 Å². The molecule has 1 amide bonds. The van der Waals surface area contributed by atoms with Gasteiger partial charge in [-0.15, -0.1) is 0 Å². The van der Waals surface area contributed by atoms with Crippen molar-refractivity contribution in [2.24, 2.45) is 5.10 Å². The smallest absolute Gasteiger partial charge is 0.410 e. The Morgan fingerprint density at radius 2 is 1.85 bits per heavy atom. The van der Waals surface area contributed by atoms with Crippen molar-refractivity contribution >= 4 is 23.8 Å². The molecular weight excluding hydrogens is 438 g/mol. The van der Waals surface area contributed by atoms with Gasteiger partial charge in [0.1, 0.15) is 13.2 Å². The van der Waals surface area contributed by atoms with Gasteiger partial charge in [-0.2, -0.15) is 10.1 Å². The van der Waals surface area contributed by atoms with Crippen molar-refractivity contribution < 1.29 is 23.7 Å². The summed E-state index contributed by atoms with van der Waals surface area (Å²) in [5.41, 5.74) is 6.13. The zero-order valence-corrected chi connectivity index (χ0v) is 19.4. The third kappa shape index (κ3) is 7.06. The van der Waals surface area contributed by atoms with Crippen LogP contribution in [-0.2, 0) is 14.2 Å². The fraction of sp³-hybridized carbons (Fsp3) is 0.458. The summed E-state index contributed by atoms with van der Waals surface area (Å²) >= 11 is 0. The van der Waals surface area contributed by atoms with Gasteiger partial charge in [0.15, 0.2) is 5.82 Å². The van der Waals surface area contributed by atoms with Crippen molar-refractivity contribution in [3.63, 3.8) is 0 Å². The van der Waals surface area contributed by atoms with E-state index in [1.807, 2.05) is 37.3 Å². The van der Waals surface area contributed by atoms with Gasteiger partial charge in [-0.05, 0) is 12.5 Å². The molecular formula is C24H31N5O5. The van der Waals surface area contributed by atoms with Crippen LogP contribution in [0.4, 0.5) is 16.3 Å². The number of morpholine rings is 2. The Morgan fingerprint density at radius 1 is 1.09 bits per heavy atom. The Hall–Kier alpha value is -3.37. The summed E-state index contributed by atoms with van der Waals surface area (Å²) in [4.78, 5) is 20.5. The summed E-state index contributed by atoms with van der Waals surface area (Å²) < 4.78 is 21.9. The highest BCUT2D eigenvalue weighted by atomic mass is 16.6. The van der Waals surface area contributed by atoms with Gasteiger partial charge in [-0.3, -0.25) is 5.43 Å². The first-order chi connectivity index (χ1) is 16.7. The van der Waals surface area contributed by atoms with E-state index in [1.165, 1.54) is 5.56 Å². The summed E-state index contributed by atoms with van der Waals surface area (Å²) in [5.74, 6) is 0.993. The van der Waals surface area contributed by atoms with Crippen molar-refractivity contribution in [2.45, 2.75) is 6.92 Å². The minimum Gasteiger partial charge on any atom is -0.474 e. The average Bonchev–Trinajstić information content (AvgIpc) is 2.87. The van der Waals surface area contributed by atoms with E-state index in [-0.39, 0.29) is 19.3 Å². The standard InChI is InChI=1S/C24H31N5O5/c1-19-3-2-4-20(15-19)18-25-27-22-16-21(28-5-9-31-10-6-28)17-23(26-22)33-13-14-34-24(30)29-7-11-32-12-8-29/h2-4,15-18H,5-14H2,1H3,(H,26,27). The number of hydrogen-bond acceptors (Lipinski definition) is 9. The molecule has 0 bridgehead atoms. The molecule has 182 valence electrons. The number of aromatic nitrogens is 1. The maximum absolute atomic E-state index is 12.1. The van der Waals surface area contributed by atoms with Gasteiger partial charge in [0.25, 0.3) is 0 Å². The highest BCUT2D eigenvalue weighted by molar-refractivity contribution is 5.80. The molecule has 2 fully saturated rings. The van der Waals surface area contributed by atoms with Crippen LogP contribution in [0.3, 0.4) is 0 Å². The SMILES string of the molecule is Cc1cccc(C=NNc2cc(N3CCOCC3)cc(OCCOC(=O)N3CCOCC3)n2)c1. The maximum Gasteiger partial charge on any atom is 0.410 e. The number of aryl methyl sites for hydroxylation is 1. The number of nitrogens with one attached hydrogen (secondary N) is 1. The van der Waals surface area contributed by atoms with Crippen molar-refractivity contribution in [3.05, 3.63) is 47.5 Å². The van der Waals surface area contributed by atoms with Crippen LogP contribution in [0, 0.1) is 6.92 Å². The third-order valence-electron chi connectivity index (χ3n) is 5.43. The lowest BCUT2D eigenvalue weighted by atomic mass is 10.2. The van der Waals surface area contributed by atoms with Crippen LogP contribution in [0.1, 0.15) is 11.1 Å². The largest absolute Gasteiger partial charge is 0.474 e. The fourth-order valence-electron chi connectivity index (χ4n) is 3.66. The van der Waals surface area contributed by atoms with E-state index in [4.69, 9.17) is 18.9 Å². The zero-order chi connectivity index (χ0) is 23.6. The molecule has 10 heteroatoms. The highest BCUT2D eigenvalue weighted by Crippen LogP contribution is 2.25. The lowest BCUT2D eigenvalue weighted by molar-refractivity contribution is 0.0238. The molecule has 0 unspecified atom stereocenters. The fourth-order valence-corrected chi connectivity index (χ4v) is 3.66. The van der Waals surface area contributed by atoms with Crippen LogP contribution >= 0.6 is 0 Å². The van der Waals surface area contributed by atoms with E-state index in [1.54, 1.807) is 11.1 Å². The molecule has 2 aliphatic rings. The van der Waals surface area contributed by atoms with E-state index in [2.05, 4.69) is 26.5 Å². The normalized spacial score (nSPS) is 16.5. The topological polar surface area (TPSA) is 97.8 Å². The second kappa shape index (κ2) is 12.2. The summed E-state index contributed by atoms with van der Waals surface area (Å²) in [6.45, 7) is 7.43. The predicted octanol–water partition coefficient (Wildman–Crippen LogP) is 2.52. The number of hydrazone groups is 1. The number of amides is 1.